The Morgan fingerprint density at radius 2 is 1.89 bits per heavy atom. The molecule has 1 rings (SSSR count). The van der Waals surface area contributed by atoms with Crippen LogP contribution >= 0.6 is 22.6 Å². The zero-order valence-corrected chi connectivity index (χ0v) is 12.8. The van der Waals surface area contributed by atoms with E-state index < -0.39 is 11.5 Å². The van der Waals surface area contributed by atoms with Gasteiger partial charge in [-0.1, -0.05) is 18.2 Å². The molecule has 1 N–H and O–H groups in total. The van der Waals surface area contributed by atoms with Crippen molar-refractivity contribution in [1.82, 2.24) is 4.90 Å². The molecule has 0 spiro atoms. The van der Waals surface area contributed by atoms with E-state index in [1.165, 1.54) is 25.8 Å². The molecule has 18 heavy (non-hydrogen) atoms. The molecule has 0 unspecified atom stereocenters. The number of benzene rings is 1. The SMILES string of the molecule is CN(C(=O)Cc1ccccc1I)C(C)(C)C(=O)O. The lowest BCUT2D eigenvalue weighted by atomic mass is 10.0. The molecule has 5 heteroatoms. The summed E-state index contributed by atoms with van der Waals surface area (Å²) in [5.74, 6) is -1.22. The number of halogens is 1. The lowest BCUT2D eigenvalue weighted by Crippen LogP contribution is -2.51. The van der Waals surface area contributed by atoms with Gasteiger partial charge in [-0.2, -0.15) is 0 Å². The van der Waals surface area contributed by atoms with E-state index in [0.717, 1.165) is 9.13 Å². The molecule has 0 saturated carbocycles. The van der Waals surface area contributed by atoms with Gasteiger partial charge in [0.05, 0.1) is 6.42 Å². The predicted octanol–water partition coefficient (Wildman–Crippen LogP) is 2.16. The Morgan fingerprint density at radius 3 is 2.39 bits per heavy atom. The highest BCUT2D eigenvalue weighted by molar-refractivity contribution is 14.1. The molecule has 0 saturated heterocycles. The second-order valence-electron chi connectivity index (χ2n) is 4.59. The number of rotatable bonds is 4. The molecule has 1 amide bonds. The van der Waals surface area contributed by atoms with Crippen molar-refractivity contribution in [2.24, 2.45) is 0 Å². The molecule has 0 heterocycles. The van der Waals surface area contributed by atoms with Crippen molar-refractivity contribution in [2.75, 3.05) is 7.05 Å². The highest BCUT2D eigenvalue weighted by Gasteiger charge is 2.35. The summed E-state index contributed by atoms with van der Waals surface area (Å²) >= 11 is 2.16. The minimum absolute atomic E-state index is 0.202. The monoisotopic (exact) mass is 361 g/mol. The van der Waals surface area contributed by atoms with Crippen LogP contribution in [0, 0.1) is 3.57 Å². The fourth-order valence-electron chi connectivity index (χ4n) is 1.38. The number of hydrogen-bond donors (Lipinski definition) is 1. The molecule has 4 nitrogen and oxygen atoms in total. The minimum Gasteiger partial charge on any atom is -0.480 e. The van der Waals surface area contributed by atoms with E-state index in [4.69, 9.17) is 5.11 Å². The molecule has 98 valence electrons. The summed E-state index contributed by atoms with van der Waals surface area (Å²) in [4.78, 5) is 24.4. The third kappa shape index (κ3) is 3.22. The number of carbonyl (C=O) groups excluding carboxylic acids is 1. The van der Waals surface area contributed by atoms with Crippen LogP contribution in [-0.4, -0.2) is 34.5 Å². The first-order valence-electron chi connectivity index (χ1n) is 5.50. The Labute approximate surface area is 120 Å². The Balaban J connectivity index is 2.84. The number of carboxylic acids is 1. The Hall–Kier alpha value is -1.11. The van der Waals surface area contributed by atoms with Gasteiger partial charge in [0, 0.05) is 10.6 Å². The normalized spacial score (nSPS) is 11.1. The number of carbonyl (C=O) groups is 2. The van der Waals surface area contributed by atoms with Crippen molar-refractivity contribution < 1.29 is 14.7 Å². The third-order valence-electron chi connectivity index (χ3n) is 3.04. The maximum absolute atomic E-state index is 12.1. The van der Waals surface area contributed by atoms with Gasteiger partial charge in [-0.05, 0) is 48.1 Å². The van der Waals surface area contributed by atoms with Crippen molar-refractivity contribution in [3.8, 4) is 0 Å². The summed E-state index contributed by atoms with van der Waals surface area (Å²) in [7, 11) is 1.52. The first-order valence-corrected chi connectivity index (χ1v) is 6.58. The molecule has 0 aliphatic rings. The number of aliphatic carboxylic acids is 1. The maximum atomic E-state index is 12.1. The van der Waals surface area contributed by atoms with E-state index in [0.29, 0.717) is 0 Å². The fourth-order valence-corrected chi connectivity index (χ4v) is 1.96. The topological polar surface area (TPSA) is 57.6 Å². The predicted molar refractivity (Wildman–Crippen MR) is 77.3 cm³/mol. The molecule has 0 fully saturated rings. The van der Waals surface area contributed by atoms with Crippen LogP contribution in [0.3, 0.4) is 0 Å². The van der Waals surface area contributed by atoms with Crippen molar-refractivity contribution in [2.45, 2.75) is 25.8 Å². The first kappa shape index (κ1) is 14.9. The Kier molecular flexibility index (Phi) is 4.72. The van der Waals surface area contributed by atoms with Gasteiger partial charge in [-0.15, -0.1) is 0 Å². The summed E-state index contributed by atoms with van der Waals surface area (Å²) in [5, 5.41) is 9.09. The van der Waals surface area contributed by atoms with Crippen molar-refractivity contribution in [1.29, 1.82) is 0 Å². The van der Waals surface area contributed by atoms with Gasteiger partial charge in [0.15, 0.2) is 0 Å². The molecule has 1 aromatic carbocycles. The zero-order chi connectivity index (χ0) is 13.9. The van der Waals surface area contributed by atoms with Gasteiger partial charge >= 0.3 is 5.97 Å². The maximum Gasteiger partial charge on any atom is 0.329 e. The summed E-state index contributed by atoms with van der Waals surface area (Å²) in [6.07, 6.45) is 0.215. The van der Waals surface area contributed by atoms with Gasteiger partial charge in [0.25, 0.3) is 0 Å². The summed E-state index contributed by atoms with van der Waals surface area (Å²) in [6, 6.07) is 7.57. The second kappa shape index (κ2) is 5.69. The summed E-state index contributed by atoms with van der Waals surface area (Å²) in [5.41, 5.74) is -0.284. The number of likely N-dealkylation sites (N-methyl/N-ethyl adjacent to an activating group) is 1. The van der Waals surface area contributed by atoms with E-state index >= 15 is 0 Å². The third-order valence-corrected chi connectivity index (χ3v) is 4.09. The quantitative estimate of drug-likeness (QED) is 0.837. The first-order chi connectivity index (χ1) is 8.26. The Morgan fingerprint density at radius 1 is 1.33 bits per heavy atom. The van der Waals surface area contributed by atoms with E-state index in [-0.39, 0.29) is 12.3 Å². The van der Waals surface area contributed by atoms with E-state index in [1.54, 1.807) is 0 Å². The zero-order valence-electron chi connectivity index (χ0n) is 10.6. The van der Waals surface area contributed by atoms with Gasteiger partial charge < -0.3 is 10.0 Å². The molecular formula is C13H16INO3. The van der Waals surface area contributed by atoms with Crippen molar-refractivity contribution in [3.63, 3.8) is 0 Å². The van der Waals surface area contributed by atoms with Crippen molar-refractivity contribution >= 4 is 34.5 Å². The van der Waals surface area contributed by atoms with Crippen LogP contribution in [0.4, 0.5) is 0 Å². The molecular weight excluding hydrogens is 345 g/mol. The van der Waals surface area contributed by atoms with Crippen LogP contribution in [0.15, 0.2) is 24.3 Å². The smallest absolute Gasteiger partial charge is 0.329 e. The molecule has 0 aromatic heterocycles. The number of carboxylic acid groups (broad SMARTS) is 1. The Bertz CT molecular complexity index is 471. The van der Waals surface area contributed by atoms with Gasteiger partial charge in [0.1, 0.15) is 5.54 Å². The van der Waals surface area contributed by atoms with E-state index in [9.17, 15) is 9.59 Å². The van der Waals surface area contributed by atoms with Crippen LogP contribution in [0.2, 0.25) is 0 Å². The van der Waals surface area contributed by atoms with Gasteiger partial charge in [-0.3, -0.25) is 4.79 Å². The molecule has 0 aliphatic heterocycles. The molecule has 0 radical (unpaired) electrons. The summed E-state index contributed by atoms with van der Waals surface area (Å²) < 4.78 is 1.00. The van der Waals surface area contributed by atoms with Gasteiger partial charge in [-0.25, -0.2) is 4.79 Å². The summed E-state index contributed by atoms with van der Waals surface area (Å²) in [6.45, 7) is 3.03. The fraction of sp³-hybridized carbons (Fsp3) is 0.385. The van der Waals surface area contributed by atoms with Crippen LogP contribution in [0.1, 0.15) is 19.4 Å². The lowest BCUT2D eigenvalue weighted by molar-refractivity contribution is -0.155. The number of nitrogens with zero attached hydrogens (tertiary/aromatic N) is 1. The largest absolute Gasteiger partial charge is 0.480 e. The number of hydrogen-bond acceptors (Lipinski definition) is 2. The van der Waals surface area contributed by atoms with E-state index in [2.05, 4.69) is 22.6 Å². The molecule has 0 atom stereocenters. The van der Waals surface area contributed by atoms with Crippen LogP contribution in [0.25, 0.3) is 0 Å². The van der Waals surface area contributed by atoms with Crippen LogP contribution in [0.5, 0.6) is 0 Å². The number of amides is 1. The highest BCUT2D eigenvalue weighted by Crippen LogP contribution is 2.17. The van der Waals surface area contributed by atoms with Gasteiger partial charge in [0.2, 0.25) is 5.91 Å². The van der Waals surface area contributed by atoms with Crippen LogP contribution in [-0.2, 0) is 16.0 Å². The molecule has 1 aromatic rings. The second-order valence-corrected chi connectivity index (χ2v) is 5.75. The highest BCUT2D eigenvalue weighted by atomic mass is 127. The standard InChI is InChI=1S/C13H16INO3/c1-13(2,12(17)18)15(3)11(16)8-9-6-4-5-7-10(9)14/h4-7H,8H2,1-3H3,(H,17,18). The average molecular weight is 361 g/mol. The molecule has 0 aliphatic carbocycles. The van der Waals surface area contributed by atoms with E-state index in [1.807, 2.05) is 24.3 Å². The molecule has 0 bridgehead atoms. The van der Waals surface area contributed by atoms with Crippen molar-refractivity contribution in [3.05, 3.63) is 33.4 Å². The minimum atomic E-state index is -1.20. The van der Waals surface area contributed by atoms with Crippen LogP contribution < -0.4 is 0 Å². The average Bonchev–Trinajstić information content (AvgIpc) is 2.30. The lowest BCUT2D eigenvalue weighted by Gasteiger charge is -2.31.